The highest BCUT2D eigenvalue weighted by Crippen LogP contribution is 2.00. The van der Waals surface area contributed by atoms with Gasteiger partial charge >= 0.3 is 6.03 Å². The smallest absolute Gasteiger partial charge is 0.327 e. The summed E-state index contributed by atoms with van der Waals surface area (Å²) in [7, 11) is 0. The highest BCUT2D eigenvalue weighted by Gasteiger charge is 2.10. The van der Waals surface area contributed by atoms with E-state index in [1.165, 1.54) is 10.9 Å². The summed E-state index contributed by atoms with van der Waals surface area (Å²) in [5.74, 6) is 0.437. The molecule has 13 heavy (non-hydrogen) atoms. The van der Waals surface area contributed by atoms with Gasteiger partial charge in [0.05, 0.1) is 0 Å². The molecule has 1 amide bonds. The first kappa shape index (κ1) is 9.77. The number of hydrogen-bond acceptors (Lipinski definition) is 2. The first-order valence-electron chi connectivity index (χ1n) is 4.40. The lowest BCUT2D eigenvalue weighted by Gasteiger charge is -2.17. The Labute approximate surface area is 78.0 Å². The van der Waals surface area contributed by atoms with Gasteiger partial charge in [0.2, 0.25) is 0 Å². The summed E-state index contributed by atoms with van der Waals surface area (Å²) in [4.78, 5) is 15.2. The fourth-order valence-corrected chi connectivity index (χ4v) is 0.815. The van der Waals surface area contributed by atoms with Crippen LogP contribution in [-0.4, -0.2) is 21.6 Å². The summed E-state index contributed by atoms with van der Waals surface area (Å²) in [5.41, 5.74) is 0. The molecule has 1 N–H and O–H groups in total. The van der Waals surface area contributed by atoms with Crippen LogP contribution in [0.5, 0.6) is 0 Å². The predicted octanol–water partition coefficient (Wildman–Crippen LogP) is 1.49. The lowest BCUT2D eigenvalue weighted by atomic mass is 10.1. The van der Waals surface area contributed by atoms with E-state index in [0.717, 1.165) is 0 Å². The Morgan fingerprint density at radius 1 is 1.46 bits per heavy atom. The van der Waals surface area contributed by atoms with Crippen molar-refractivity contribution in [3.63, 3.8) is 0 Å². The number of amides is 1. The van der Waals surface area contributed by atoms with E-state index >= 15 is 0 Å². The maximum atomic E-state index is 11.4. The largest absolute Gasteiger partial charge is 0.335 e. The molecule has 0 fully saturated rings. The van der Waals surface area contributed by atoms with Crippen molar-refractivity contribution in [2.24, 2.45) is 5.92 Å². The summed E-state index contributed by atoms with van der Waals surface area (Å²) in [6.45, 7) is 6.12. The van der Waals surface area contributed by atoms with Gasteiger partial charge in [-0.2, -0.15) is 0 Å². The first-order chi connectivity index (χ1) is 6.11. The second-order valence-corrected chi connectivity index (χ2v) is 3.45. The van der Waals surface area contributed by atoms with Crippen LogP contribution in [0, 0.1) is 5.92 Å². The molecule has 0 aromatic carbocycles. The van der Waals surface area contributed by atoms with Crippen LogP contribution in [0.15, 0.2) is 18.7 Å². The van der Waals surface area contributed by atoms with Crippen molar-refractivity contribution in [2.75, 3.05) is 0 Å². The number of imidazole rings is 1. The molecule has 4 heteroatoms. The van der Waals surface area contributed by atoms with Crippen LogP contribution >= 0.6 is 0 Å². The van der Waals surface area contributed by atoms with Gasteiger partial charge in [0, 0.05) is 18.4 Å². The van der Waals surface area contributed by atoms with Crippen molar-refractivity contribution in [3.05, 3.63) is 18.7 Å². The average molecular weight is 181 g/mol. The van der Waals surface area contributed by atoms with Crippen LogP contribution in [0.25, 0.3) is 0 Å². The third kappa shape index (κ3) is 2.57. The lowest BCUT2D eigenvalue weighted by Crippen LogP contribution is -2.38. The highest BCUT2D eigenvalue weighted by molar-refractivity contribution is 5.76. The van der Waals surface area contributed by atoms with Crippen LogP contribution in [0.4, 0.5) is 4.79 Å². The Morgan fingerprint density at radius 3 is 2.62 bits per heavy atom. The van der Waals surface area contributed by atoms with E-state index in [1.54, 1.807) is 12.4 Å². The van der Waals surface area contributed by atoms with Crippen molar-refractivity contribution in [3.8, 4) is 0 Å². The van der Waals surface area contributed by atoms with Gasteiger partial charge in [-0.15, -0.1) is 0 Å². The van der Waals surface area contributed by atoms with Gasteiger partial charge in [0.25, 0.3) is 0 Å². The minimum Gasteiger partial charge on any atom is -0.335 e. The van der Waals surface area contributed by atoms with Crippen LogP contribution < -0.4 is 5.32 Å². The zero-order valence-corrected chi connectivity index (χ0v) is 8.19. The number of aromatic nitrogens is 2. The number of carbonyl (C=O) groups is 1. The number of hydrogen-bond donors (Lipinski definition) is 1. The summed E-state index contributed by atoms with van der Waals surface area (Å²) >= 11 is 0. The maximum absolute atomic E-state index is 11.4. The number of nitrogens with one attached hydrogen (secondary N) is 1. The second-order valence-electron chi connectivity index (χ2n) is 3.45. The third-order valence-electron chi connectivity index (χ3n) is 2.09. The SMILES string of the molecule is CC(C)[C@H](C)NC(=O)n1ccnc1. The van der Waals surface area contributed by atoms with Crippen molar-refractivity contribution >= 4 is 6.03 Å². The first-order valence-corrected chi connectivity index (χ1v) is 4.40. The fourth-order valence-electron chi connectivity index (χ4n) is 0.815. The van der Waals surface area contributed by atoms with E-state index in [2.05, 4.69) is 24.1 Å². The van der Waals surface area contributed by atoms with E-state index < -0.39 is 0 Å². The molecular weight excluding hydrogens is 166 g/mol. The Hall–Kier alpha value is -1.32. The molecule has 0 unspecified atom stereocenters. The molecule has 1 heterocycles. The zero-order chi connectivity index (χ0) is 9.84. The molecular formula is C9H15N3O. The summed E-state index contributed by atoms with van der Waals surface area (Å²) in [5, 5.41) is 2.87. The van der Waals surface area contributed by atoms with Gasteiger partial charge < -0.3 is 5.32 Å². The lowest BCUT2D eigenvalue weighted by molar-refractivity contribution is 0.236. The molecule has 1 rings (SSSR count). The van der Waals surface area contributed by atoms with E-state index in [9.17, 15) is 4.79 Å². The molecule has 72 valence electrons. The number of rotatable bonds is 2. The van der Waals surface area contributed by atoms with E-state index in [1.807, 2.05) is 6.92 Å². The van der Waals surface area contributed by atoms with Crippen LogP contribution in [0.1, 0.15) is 20.8 Å². The monoisotopic (exact) mass is 181 g/mol. The predicted molar refractivity (Wildman–Crippen MR) is 50.5 cm³/mol. The molecule has 0 aliphatic carbocycles. The van der Waals surface area contributed by atoms with Crippen LogP contribution in [-0.2, 0) is 0 Å². The quantitative estimate of drug-likeness (QED) is 0.751. The average Bonchev–Trinajstić information content (AvgIpc) is 2.55. The van der Waals surface area contributed by atoms with Gasteiger partial charge in [-0.3, -0.25) is 4.57 Å². The Morgan fingerprint density at radius 2 is 2.15 bits per heavy atom. The Bertz CT molecular complexity index is 266. The normalized spacial score (nSPS) is 12.9. The van der Waals surface area contributed by atoms with Gasteiger partial charge in [-0.1, -0.05) is 13.8 Å². The standard InChI is InChI=1S/C9H15N3O/c1-7(2)8(3)11-9(13)12-5-4-10-6-12/h4-8H,1-3H3,(H,11,13)/t8-/m0/s1. The molecule has 4 nitrogen and oxygen atoms in total. The van der Waals surface area contributed by atoms with Crippen LogP contribution in [0.3, 0.4) is 0 Å². The summed E-state index contributed by atoms with van der Waals surface area (Å²) in [6.07, 6.45) is 4.70. The molecule has 0 saturated carbocycles. The molecule has 0 spiro atoms. The Balaban J connectivity index is 2.52. The third-order valence-corrected chi connectivity index (χ3v) is 2.09. The topological polar surface area (TPSA) is 46.9 Å². The fraction of sp³-hybridized carbons (Fsp3) is 0.556. The van der Waals surface area contributed by atoms with Crippen LogP contribution in [0.2, 0.25) is 0 Å². The van der Waals surface area contributed by atoms with Crippen molar-refractivity contribution in [1.82, 2.24) is 14.9 Å². The van der Waals surface area contributed by atoms with Gasteiger partial charge in [0.15, 0.2) is 0 Å². The maximum Gasteiger partial charge on any atom is 0.327 e. The number of carbonyl (C=O) groups excluding carboxylic acids is 1. The van der Waals surface area contributed by atoms with E-state index in [0.29, 0.717) is 5.92 Å². The molecule has 0 aliphatic heterocycles. The molecule has 0 radical (unpaired) electrons. The number of nitrogens with zero attached hydrogens (tertiary/aromatic N) is 2. The highest BCUT2D eigenvalue weighted by atomic mass is 16.2. The summed E-state index contributed by atoms with van der Waals surface area (Å²) in [6, 6.07) is 0.0496. The van der Waals surface area contributed by atoms with Gasteiger partial charge in [-0.25, -0.2) is 9.78 Å². The zero-order valence-electron chi connectivity index (χ0n) is 8.19. The minimum absolute atomic E-state index is 0.126. The second kappa shape index (κ2) is 4.07. The van der Waals surface area contributed by atoms with Gasteiger partial charge in [-0.05, 0) is 12.8 Å². The van der Waals surface area contributed by atoms with Crippen molar-refractivity contribution < 1.29 is 4.79 Å². The molecule has 1 aromatic heterocycles. The molecule has 0 aliphatic rings. The van der Waals surface area contributed by atoms with Crippen molar-refractivity contribution in [1.29, 1.82) is 0 Å². The minimum atomic E-state index is -0.126. The molecule has 0 saturated heterocycles. The van der Waals surface area contributed by atoms with Crippen molar-refractivity contribution in [2.45, 2.75) is 26.8 Å². The molecule has 1 atom stereocenters. The van der Waals surface area contributed by atoms with Gasteiger partial charge in [0.1, 0.15) is 6.33 Å². The summed E-state index contributed by atoms with van der Waals surface area (Å²) < 4.78 is 1.43. The van der Waals surface area contributed by atoms with E-state index in [-0.39, 0.29) is 12.1 Å². The molecule has 0 bridgehead atoms. The Kier molecular flexibility index (Phi) is 3.06. The molecule has 1 aromatic rings. The van der Waals surface area contributed by atoms with E-state index in [4.69, 9.17) is 0 Å².